The maximum Gasteiger partial charge on any atom is 0.115 e. The van der Waals surface area contributed by atoms with Crippen LogP contribution in [0.1, 0.15) is 31.2 Å². The minimum absolute atomic E-state index is 0.531. The van der Waals surface area contributed by atoms with Crippen LogP contribution in [0.4, 0.5) is 0 Å². The zero-order valence-corrected chi connectivity index (χ0v) is 8.69. The standard InChI is InChI=1S/C12H15N3/c1-2-10-4-5-12(15-10)11(3-1)9-6-13-8-14-7-9/h3,6-8,10,12,15H,1-2,4-5H2. The molecular formula is C12H15N3. The molecule has 3 heteroatoms. The third-order valence-electron chi connectivity index (χ3n) is 3.39. The highest BCUT2D eigenvalue weighted by atomic mass is 15.0. The summed E-state index contributed by atoms with van der Waals surface area (Å²) in [6.45, 7) is 0. The maximum absolute atomic E-state index is 4.09. The smallest absolute Gasteiger partial charge is 0.115 e. The van der Waals surface area contributed by atoms with E-state index in [1.165, 1.54) is 36.8 Å². The van der Waals surface area contributed by atoms with Gasteiger partial charge in [0.15, 0.2) is 0 Å². The summed E-state index contributed by atoms with van der Waals surface area (Å²) in [5, 5.41) is 3.68. The van der Waals surface area contributed by atoms with E-state index in [0.29, 0.717) is 6.04 Å². The lowest BCUT2D eigenvalue weighted by atomic mass is 9.96. The fourth-order valence-corrected chi connectivity index (χ4v) is 2.64. The summed E-state index contributed by atoms with van der Waals surface area (Å²) in [6, 6.07) is 1.26. The molecule has 0 radical (unpaired) electrons. The van der Waals surface area contributed by atoms with Crippen LogP contribution in [-0.2, 0) is 0 Å². The lowest BCUT2D eigenvalue weighted by molar-refractivity contribution is 0.559. The van der Waals surface area contributed by atoms with Gasteiger partial charge in [0.25, 0.3) is 0 Å². The Morgan fingerprint density at radius 1 is 1.13 bits per heavy atom. The zero-order valence-electron chi connectivity index (χ0n) is 8.69. The molecule has 1 saturated heterocycles. The number of nitrogens with one attached hydrogen (secondary N) is 1. The molecule has 2 unspecified atom stereocenters. The molecule has 15 heavy (non-hydrogen) atoms. The average molecular weight is 201 g/mol. The molecule has 1 N–H and O–H groups in total. The predicted octanol–water partition coefficient (Wildman–Crippen LogP) is 1.77. The number of hydrogen-bond donors (Lipinski definition) is 1. The molecule has 2 bridgehead atoms. The molecule has 0 spiro atoms. The summed E-state index contributed by atoms with van der Waals surface area (Å²) in [4.78, 5) is 8.19. The second-order valence-electron chi connectivity index (χ2n) is 4.36. The monoisotopic (exact) mass is 201 g/mol. The summed E-state index contributed by atoms with van der Waals surface area (Å²) in [7, 11) is 0. The molecule has 3 heterocycles. The molecule has 2 aliphatic heterocycles. The van der Waals surface area contributed by atoms with E-state index in [9.17, 15) is 0 Å². The molecule has 0 aliphatic carbocycles. The number of fused-ring (bicyclic) bond motifs is 2. The van der Waals surface area contributed by atoms with Crippen molar-refractivity contribution in [1.82, 2.24) is 15.3 Å². The second kappa shape index (κ2) is 3.74. The van der Waals surface area contributed by atoms with Crippen molar-refractivity contribution >= 4 is 5.57 Å². The summed E-state index contributed by atoms with van der Waals surface area (Å²) in [6.07, 6.45) is 12.8. The van der Waals surface area contributed by atoms with Crippen LogP contribution >= 0.6 is 0 Å². The molecular weight excluding hydrogens is 186 g/mol. The fourth-order valence-electron chi connectivity index (χ4n) is 2.64. The van der Waals surface area contributed by atoms with E-state index < -0.39 is 0 Å². The lowest BCUT2D eigenvalue weighted by Crippen LogP contribution is -2.28. The van der Waals surface area contributed by atoms with Gasteiger partial charge < -0.3 is 5.32 Å². The van der Waals surface area contributed by atoms with E-state index >= 15 is 0 Å². The van der Waals surface area contributed by atoms with Crippen LogP contribution < -0.4 is 5.32 Å². The third kappa shape index (κ3) is 1.67. The first-order valence-corrected chi connectivity index (χ1v) is 5.65. The largest absolute Gasteiger partial charge is 0.307 e. The van der Waals surface area contributed by atoms with Gasteiger partial charge in [-0.1, -0.05) is 6.08 Å². The highest BCUT2D eigenvalue weighted by molar-refractivity contribution is 5.69. The molecule has 3 nitrogen and oxygen atoms in total. The minimum Gasteiger partial charge on any atom is -0.307 e. The van der Waals surface area contributed by atoms with Crippen molar-refractivity contribution in [2.75, 3.05) is 0 Å². The van der Waals surface area contributed by atoms with Gasteiger partial charge in [0.2, 0.25) is 0 Å². The molecule has 0 saturated carbocycles. The minimum atomic E-state index is 0.531. The Bertz CT molecular complexity index is 372. The van der Waals surface area contributed by atoms with Gasteiger partial charge in [-0.15, -0.1) is 0 Å². The Kier molecular flexibility index (Phi) is 2.25. The molecule has 0 aromatic carbocycles. The predicted molar refractivity (Wildman–Crippen MR) is 59.2 cm³/mol. The molecule has 2 atom stereocenters. The van der Waals surface area contributed by atoms with E-state index in [-0.39, 0.29) is 0 Å². The normalized spacial score (nSPS) is 29.7. The lowest BCUT2D eigenvalue weighted by Gasteiger charge is -2.14. The SMILES string of the molecule is C1=C(c2cncnc2)C2CCC(CC1)N2. The van der Waals surface area contributed by atoms with Crippen molar-refractivity contribution in [2.45, 2.75) is 37.8 Å². The summed E-state index contributed by atoms with van der Waals surface area (Å²) >= 11 is 0. The van der Waals surface area contributed by atoms with Gasteiger partial charge in [-0.3, -0.25) is 0 Å². The fraction of sp³-hybridized carbons (Fsp3) is 0.500. The highest BCUT2D eigenvalue weighted by Crippen LogP contribution is 2.31. The van der Waals surface area contributed by atoms with Gasteiger partial charge in [0.1, 0.15) is 6.33 Å². The van der Waals surface area contributed by atoms with E-state index in [1.807, 2.05) is 12.4 Å². The second-order valence-corrected chi connectivity index (χ2v) is 4.36. The number of nitrogens with zero attached hydrogens (tertiary/aromatic N) is 2. The molecule has 1 aromatic heterocycles. The van der Waals surface area contributed by atoms with E-state index in [2.05, 4.69) is 21.4 Å². The van der Waals surface area contributed by atoms with Gasteiger partial charge in [-0.25, -0.2) is 9.97 Å². The van der Waals surface area contributed by atoms with Gasteiger partial charge in [0.05, 0.1) is 0 Å². The zero-order chi connectivity index (χ0) is 10.1. The molecule has 78 valence electrons. The summed E-state index contributed by atoms with van der Waals surface area (Å²) in [5.41, 5.74) is 2.58. The van der Waals surface area contributed by atoms with Gasteiger partial charge >= 0.3 is 0 Å². The van der Waals surface area contributed by atoms with Crippen molar-refractivity contribution < 1.29 is 0 Å². The molecule has 3 rings (SSSR count). The van der Waals surface area contributed by atoms with Gasteiger partial charge in [-0.05, 0) is 31.3 Å². The Balaban J connectivity index is 1.94. The third-order valence-corrected chi connectivity index (χ3v) is 3.39. The number of aromatic nitrogens is 2. The topological polar surface area (TPSA) is 37.8 Å². The van der Waals surface area contributed by atoms with Crippen molar-refractivity contribution in [2.24, 2.45) is 0 Å². The number of hydrogen-bond acceptors (Lipinski definition) is 3. The van der Waals surface area contributed by atoms with Crippen LogP contribution in [0.15, 0.2) is 24.8 Å². The van der Waals surface area contributed by atoms with Crippen molar-refractivity contribution in [1.29, 1.82) is 0 Å². The number of rotatable bonds is 1. The van der Waals surface area contributed by atoms with Crippen molar-refractivity contribution in [3.05, 3.63) is 30.4 Å². The Labute approximate surface area is 89.6 Å². The Morgan fingerprint density at radius 3 is 2.87 bits per heavy atom. The molecule has 2 aliphatic rings. The van der Waals surface area contributed by atoms with Crippen molar-refractivity contribution in [3.8, 4) is 0 Å². The van der Waals surface area contributed by atoms with E-state index in [0.717, 1.165) is 6.04 Å². The first kappa shape index (κ1) is 9.04. The summed E-state index contributed by atoms with van der Waals surface area (Å²) < 4.78 is 0. The summed E-state index contributed by atoms with van der Waals surface area (Å²) in [5.74, 6) is 0. The van der Waals surface area contributed by atoms with Crippen LogP contribution in [0.5, 0.6) is 0 Å². The Morgan fingerprint density at radius 2 is 2.00 bits per heavy atom. The first-order valence-electron chi connectivity index (χ1n) is 5.65. The van der Waals surface area contributed by atoms with Crippen molar-refractivity contribution in [3.63, 3.8) is 0 Å². The highest BCUT2D eigenvalue weighted by Gasteiger charge is 2.28. The molecule has 1 aromatic rings. The van der Waals surface area contributed by atoms with Crippen LogP contribution in [0.2, 0.25) is 0 Å². The molecule has 1 fully saturated rings. The van der Waals surface area contributed by atoms with Gasteiger partial charge in [-0.2, -0.15) is 0 Å². The quantitative estimate of drug-likeness (QED) is 0.752. The number of allylic oxidation sites excluding steroid dienone is 1. The van der Waals surface area contributed by atoms with Gasteiger partial charge in [0, 0.05) is 30.0 Å². The van der Waals surface area contributed by atoms with Crippen LogP contribution in [0.3, 0.4) is 0 Å². The molecule has 0 amide bonds. The van der Waals surface area contributed by atoms with Crippen LogP contribution in [0, 0.1) is 0 Å². The van der Waals surface area contributed by atoms with Crippen LogP contribution in [-0.4, -0.2) is 22.1 Å². The Hall–Kier alpha value is -1.22. The van der Waals surface area contributed by atoms with E-state index in [4.69, 9.17) is 0 Å². The van der Waals surface area contributed by atoms with Crippen LogP contribution in [0.25, 0.3) is 5.57 Å². The maximum atomic E-state index is 4.09. The average Bonchev–Trinajstić information content (AvgIpc) is 2.61. The van der Waals surface area contributed by atoms with E-state index in [1.54, 1.807) is 6.33 Å². The first-order chi connectivity index (χ1) is 7.43.